The number of carbonyl (C=O) groups is 2. The molecule has 1 aromatic carbocycles. The van der Waals surface area contributed by atoms with Crippen LogP contribution in [0.5, 0.6) is 5.75 Å². The van der Waals surface area contributed by atoms with Crippen LogP contribution in [0, 0.1) is 5.92 Å². The van der Waals surface area contributed by atoms with E-state index in [0.29, 0.717) is 17.2 Å². The van der Waals surface area contributed by atoms with Gasteiger partial charge >= 0.3 is 5.97 Å². The number of esters is 1. The number of benzene rings is 1. The molecule has 1 amide bonds. The number of aliphatic hydroxyl groups is 1. The van der Waals surface area contributed by atoms with Crippen molar-refractivity contribution in [3.63, 3.8) is 0 Å². The van der Waals surface area contributed by atoms with Crippen molar-refractivity contribution in [1.29, 1.82) is 0 Å². The maximum Gasteiger partial charge on any atom is 0.328 e. The fraction of sp³-hybridized carbons (Fsp3) is 0.529. The van der Waals surface area contributed by atoms with Gasteiger partial charge in [-0.3, -0.25) is 4.79 Å². The molecule has 0 aliphatic heterocycles. The molecule has 0 radical (unpaired) electrons. The van der Waals surface area contributed by atoms with E-state index in [1.54, 1.807) is 18.2 Å². The largest absolute Gasteiger partial charge is 0.495 e. The normalized spacial score (nSPS) is 13.3. The monoisotopic (exact) mass is 357 g/mol. The van der Waals surface area contributed by atoms with Gasteiger partial charge in [0.25, 0.3) is 0 Å². The fourth-order valence-corrected chi connectivity index (χ4v) is 2.51. The number of hydrogen-bond donors (Lipinski definition) is 2. The predicted molar refractivity (Wildman–Crippen MR) is 91.1 cm³/mol. The predicted octanol–water partition coefficient (Wildman–Crippen LogP) is 1.96. The minimum Gasteiger partial charge on any atom is -0.495 e. The van der Waals surface area contributed by atoms with Crippen LogP contribution < -0.4 is 10.1 Å². The summed E-state index contributed by atoms with van der Waals surface area (Å²) in [5, 5.41) is 12.8. The van der Waals surface area contributed by atoms with Crippen molar-refractivity contribution in [1.82, 2.24) is 5.32 Å². The third-order valence-corrected chi connectivity index (χ3v) is 3.75. The molecule has 1 aromatic rings. The zero-order valence-electron chi connectivity index (χ0n) is 14.3. The highest BCUT2D eigenvalue weighted by Crippen LogP contribution is 2.25. The number of nitrogens with one attached hydrogen (secondary N) is 1. The van der Waals surface area contributed by atoms with Crippen LogP contribution in [0.25, 0.3) is 0 Å². The van der Waals surface area contributed by atoms with Gasteiger partial charge in [0.05, 0.1) is 19.2 Å². The number of amides is 1. The van der Waals surface area contributed by atoms with E-state index in [-0.39, 0.29) is 12.3 Å². The summed E-state index contributed by atoms with van der Waals surface area (Å²) < 4.78 is 9.81. The van der Waals surface area contributed by atoms with Gasteiger partial charge in [-0.25, -0.2) is 4.79 Å². The lowest BCUT2D eigenvalue weighted by atomic mass is 10.0. The number of hydrogen-bond acceptors (Lipinski definition) is 5. The van der Waals surface area contributed by atoms with Crippen molar-refractivity contribution >= 4 is 23.5 Å². The Labute approximate surface area is 147 Å². The van der Waals surface area contributed by atoms with Crippen LogP contribution in [0.1, 0.15) is 25.8 Å². The smallest absolute Gasteiger partial charge is 0.328 e. The summed E-state index contributed by atoms with van der Waals surface area (Å²) in [6.45, 7) is 3.79. The quantitative estimate of drug-likeness (QED) is 0.695. The van der Waals surface area contributed by atoms with Crippen LogP contribution in [0.3, 0.4) is 0 Å². The molecular formula is C17H24ClNO5. The minimum atomic E-state index is -1.17. The van der Waals surface area contributed by atoms with Crippen molar-refractivity contribution in [3.8, 4) is 5.75 Å². The van der Waals surface area contributed by atoms with Gasteiger partial charge in [-0.2, -0.15) is 0 Å². The molecule has 0 heterocycles. The second-order valence-corrected chi connectivity index (χ2v) is 6.31. The lowest BCUT2D eigenvalue weighted by molar-refractivity contribution is -0.146. The van der Waals surface area contributed by atoms with Gasteiger partial charge in [0.15, 0.2) is 0 Å². The number of ether oxygens (including phenoxy) is 2. The molecule has 0 spiro atoms. The Kier molecular flexibility index (Phi) is 8.01. The van der Waals surface area contributed by atoms with Gasteiger partial charge in [-0.05, 0) is 30.0 Å². The number of methoxy groups -OCH3 is 2. The van der Waals surface area contributed by atoms with E-state index < -0.39 is 24.0 Å². The number of rotatable bonds is 8. The molecule has 0 aliphatic carbocycles. The highest BCUT2D eigenvalue weighted by atomic mass is 35.5. The summed E-state index contributed by atoms with van der Waals surface area (Å²) in [7, 11) is 2.75. The van der Waals surface area contributed by atoms with E-state index in [2.05, 4.69) is 5.32 Å². The number of halogens is 1. The van der Waals surface area contributed by atoms with Gasteiger partial charge in [-0.1, -0.05) is 31.5 Å². The Bertz CT molecular complexity index is 576. The van der Waals surface area contributed by atoms with E-state index in [1.165, 1.54) is 14.2 Å². The SMILES string of the molecule is COC(=O)[C@@H](Cc1ccc(OC)c(Cl)c1)NC(=O)[C@@H](O)CC(C)C. The highest BCUT2D eigenvalue weighted by Gasteiger charge is 2.26. The van der Waals surface area contributed by atoms with Gasteiger partial charge in [0.2, 0.25) is 5.91 Å². The van der Waals surface area contributed by atoms with Crippen LogP contribution in [0.15, 0.2) is 18.2 Å². The number of aliphatic hydroxyl groups excluding tert-OH is 1. The Morgan fingerprint density at radius 3 is 2.46 bits per heavy atom. The second-order valence-electron chi connectivity index (χ2n) is 5.90. The summed E-state index contributed by atoms with van der Waals surface area (Å²) in [6.07, 6.45) is -0.665. The first-order valence-electron chi connectivity index (χ1n) is 7.67. The molecule has 24 heavy (non-hydrogen) atoms. The molecule has 0 aromatic heterocycles. The molecule has 0 unspecified atom stereocenters. The lowest BCUT2D eigenvalue weighted by Crippen LogP contribution is -2.47. The first kappa shape index (κ1) is 20.3. The zero-order chi connectivity index (χ0) is 18.3. The Morgan fingerprint density at radius 1 is 1.29 bits per heavy atom. The Morgan fingerprint density at radius 2 is 1.96 bits per heavy atom. The number of carbonyl (C=O) groups excluding carboxylic acids is 2. The van der Waals surface area contributed by atoms with Crippen molar-refractivity contribution in [2.75, 3.05) is 14.2 Å². The molecule has 2 N–H and O–H groups in total. The first-order valence-corrected chi connectivity index (χ1v) is 8.05. The maximum atomic E-state index is 12.1. The van der Waals surface area contributed by atoms with E-state index >= 15 is 0 Å². The van der Waals surface area contributed by atoms with E-state index in [4.69, 9.17) is 21.1 Å². The van der Waals surface area contributed by atoms with Crippen molar-refractivity contribution in [2.45, 2.75) is 38.8 Å². The second kappa shape index (κ2) is 9.49. The topological polar surface area (TPSA) is 84.9 Å². The van der Waals surface area contributed by atoms with Crippen molar-refractivity contribution in [2.24, 2.45) is 5.92 Å². The van der Waals surface area contributed by atoms with Crippen LogP contribution in [0.2, 0.25) is 5.02 Å². The molecule has 0 saturated heterocycles. The molecule has 1 rings (SSSR count). The van der Waals surface area contributed by atoms with Gasteiger partial charge in [0.1, 0.15) is 17.9 Å². The van der Waals surface area contributed by atoms with E-state index in [0.717, 1.165) is 5.56 Å². The molecule has 0 aliphatic rings. The molecule has 0 fully saturated rings. The van der Waals surface area contributed by atoms with E-state index in [9.17, 15) is 14.7 Å². The zero-order valence-corrected chi connectivity index (χ0v) is 15.1. The Balaban J connectivity index is 2.84. The standard InChI is InChI=1S/C17H24ClNO5/c1-10(2)7-14(20)16(21)19-13(17(22)24-4)9-11-5-6-15(23-3)12(18)8-11/h5-6,8,10,13-14,20H,7,9H2,1-4H3,(H,19,21)/t13-,14+/m1/s1. The third-order valence-electron chi connectivity index (χ3n) is 3.46. The highest BCUT2D eigenvalue weighted by molar-refractivity contribution is 6.32. The summed E-state index contributed by atoms with van der Waals surface area (Å²) in [5.74, 6) is -0.514. The molecule has 134 valence electrons. The fourth-order valence-electron chi connectivity index (χ4n) is 2.23. The molecule has 7 heteroatoms. The molecule has 2 atom stereocenters. The average molecular weight is 358 g/mol. The van der Waals surface area contributed by atoms with Gasteiger partial charge in [-0.15, -0.1) is 0 Å². The Hall–Kier alpha value is -1.79. The van der Waals surface area contributed by atoms with Gasteiger partial charge in [0, 0.05) is 6.42 Å². The van der Waals surface area contributed by atoms with Crippen LogP contribution in [-0.4, -0.2) is 43.3 Å². The first-order chi connectivity index (χ1) is 11.3. The molecule has 0 saturated carbocycles. The third kappa shape index (κ3) is 6.02. The van der Waals surface area contributed by atoms with Gasteiger partial charge < -0.3 is 19.9 Å². The lowest BCUT2D eigenvalue weighted by Gasteiger charge is -2.20. The van der Waals surface area contributed by atoms with Crippen molar-refractivity contribution < 1.29 is 24.2 Å². The summed E-state index contributed by atoms with van der Waals surface area (Å²) in [4.78, 5) is 24.0. The minimum absolute atomic E-state index is 0.155. The van der Waals surface area contributed by atoms with Crippen molar-refractivity contribution in [3.05, 3.63) is 28.8 Å². The summed E-state index contributed by atoms with van der Waals surface area (Å²) in [5.41, 5.74) is 0.731. The van der Waals surface area contributed by atoms with E-state index in [1.807, 2.05) is 13.8 Å². The maximum absolute atomic E-state index is 12.1. The summed E-state index contributed by atoms with van der Waals surface area (Å²) >= 11 is 6.07. The summed E-state index contributed by atoms with van der Waals surface area (Å²) in [6, 6.07) is 4.18. The average Bonchev–Trinajstić information content (AvgIpc) is 2.52. The molecule has 6 nitrogen and oxygen atoms in total. The molecular weight excluding hydrogens is 334 g/mol. The molecule has 0 bridgehead atoms. The van der Waals surface area contributed by atoms with Crippen LogP contribution >= 0.6 is 11.6 Å². The van der Waals surface area contributed by atoms with Crippen LogP contribution in [-0.2, 0) is 20.7 Å². The van der Waals surface area contributed by atoms with Crippen LogP contribution in [0.4, 0.5) is 0 Å².